The van der Waals surface area contributed by atoms with Crippen LogP contribution in [0.2, 0.25) is 0 Å². The highest BCUT2D eigenvalue weighted by Gasteiger charge is 2.07. The molecule has 0 fully saturated rings. The molecule has 1 aromatic rings. The molecule has 0 bridgehead atoms. The number of rotatable bonds is 1. The van der Waals surface area contributed by atoms with E-state index in [9.17, 15) is 8.78 Å². The van der Waals surface area contributed by atoms with Gasteiger partial charge in [-0.05, 0) is 18.6 Å². The first kappa shape index (κ1) is 8.71. The van der Waals surface area contributed by atoms with Crippen molar-refractivity contribution in [2.45, 2.75) is 6.92 Å². The molecule has 2 N–H and O–H groups in total. The largest absolute Gasteiger partial charge is 0.398 e. The summed E-state index contributed by atoms with van der Waals surface area (Å²) >= 11 is 0. The van der Waals surface area contributed by atoms with Crippen molar-refractivity contribution < 1.29 is 8.78 Å². The van der Waals surface area contributed by atoms with Crippen molar-refractivity contribution in [1.29, 1.82) is 0 Å². The number of halogens is 2. The molecule has 1 nitrogen and oxygen atoms in total. The molecule has 0 unspecified atom stereocenters. The molecule has 0 heterocycles. The van der Waals surface area contributed by atoms with Crippen molar-refractivity contribution in [2.75, 3.05) is 5.73 Å². The van der Waals surface area contributed by atoms with Crippen molar-refractivity contribution >= 4 is 11.3 Å². The Morgan fingerprint density at radius 3 is 2.33 bits per heavy atom. The minimum Gasteiger partial charge on any atom is -0.398 e. The summed E-state index contributed by atoms with van der Waals surface area (Å²) in [6, 6.07) is 2.01. The maximum Gasteiger partial charge on any atom is 0.160 e. The Balaban J connectivity index is 3.33. The average molecular weight is 169 g/mol. The number of benzene rings is 1. The molecule has 0 amide bonds. The lowest BCUT2D eigenvalue weighted by Crippen LogP contribution is -1.95. The molecule has 0 radical (unpaired) electrons. The average Bonchev–Trinajstić information content (AvgIpc) is 1.96. The van der Waals surface area contributed by atoms with Gasteiger partial charge in [0.25, 0.3) is 0 Å². The number of anilines is 1. The molecule has 0 aliphatic heterocycles. The molecular weight excluding hydrogens is 160 g/mol. The van der Waals surface area contributed by atoms with E-state index in [-0.39, 0.29) is 5.69 Å². The van der Waals surface area contributed by atoms with E-state index >= 15 is 0 Å². The highest BCUT2D eigenvalue weighted by molar-refractivity contribution is 5.72. The van der Waals surface area contributed by atoms with Crippen LogP contribution >= 0.6 is 0 Å². The summed E-state index contributed by atoms with van der Waals surface area (Å²) in [7, 11) is 0. The monoisotopic (exact) mass is 169 g/mol. The molecule has 0 aliphatic rings. The minimum atomic E-state index is -0.933. The van der Waals surface area contributed by atoms with Crippen LogP contribution in [-0.2, 0) is 0 Å². The quantitative estimate of drug-likeness (QED) is 0.642. The summed E-state index contributed by atoms with van der Waals surface area (Å²) in [5.74, 6) is -1.83. The molecular formula is C9H9F2N. The smallest absolute Gasteiger partial charge is 0.160 e. The van der Waals surface area contributed by atoms with Crippen molar-refractivity contribution in [3.8, 4) is 0 Å². The first-order valence-corrected chi connectivity index (χ1v) is 3.42. The Morgan fingerprint density at radius 1 is 1.33 bits per heavy atom. The first-order valence-electron chi connectivity index (χ1n) is 3.42. The molecule has 0 atom stereocenters. The fourth-order valence-corrected chi connectivity index (χ4v) is 0.932. The first-order chi connectivity index (χ1) is 5.52. The zero-order valence-electron chi connectivity index (χ0n) is 6.70. The van der Waals surface area contributed by atoms with Crippen LogP contribution in [0, 0.1) is 11.6 Å². The Hall–Kier alpha value is -1.38. The van der Waals surface area contributed by atoms with Crippen molar-refractivity contribution in [3.05, 3.63) is 35.9 Å². The summed E-state index contributed by atoms with van der Waals surface area (Å²) in [5, 5.41) is 0. The van der Waals surface area contributed by atoms with Gasteiger partial charge in [0.2, 0.25) is 0 Å². The van der Waals surface area contributed by atoms with Crippen LogP contribution < -0.4 is 5.73 Å². The predicted molar refractivity (Wildman–Crippen MR) is 45.5 cm³/mol. The number of allylic oxidation sites excluding steroid dienone is 1. The van der Waals surface area contributed by atoms with Crippen molar-refractivity contribution in [1.82, 2.24) is 0 Å². The van der Waals surface area contributed by atoms with Crippen LogP contribution in [-0.4, -0.2) is 0 Å². The number of nitrogens with two attached hydrogens (primary N) is 1. The van der Waals surface area contributed by atoms with Crippen molar-refractivity contribution in [3.63, 3.8) is 0 Å². The van der Waals surface area contributed by atoms with Gasteiger partial charge < -0.3 is 5.73 Å². The van der Waals surface area contributed by atoms with E-state index in [1.807, 2.05) is 0 Å². The number of hydrogen-bond donors (Lipinski definition) is 1. The van der Waals surface area contributed by atoms with E-state index in [2.05, 4.69) is 6.58 Å². The van der Waals surface area contributed by atoms with E-state index in [1.54, 1.807) is 6.92 Å². The van der Waals surface area contributed by atoms with Gasteiger partial charge in [0.1, 0.15) is 0 Å². The van der Waals surface area contributed by atoms with Gasteiger partial charge in [-0.25, -0.2) is 8.78 Å². The third-order valence-electron chi connectivity index (χ3n) is 1.55. The fraction of sp³-hybridized carbons (Fsp3) is 0.111. The molecule has 0 spiro atoms. The standard InChI is InChI=1S/C9H9F2N/c1-5(2)6-3-7(10)8(11)4-9(6)12/h3-4H,1,12H2,2H3. The second-order valence-corrected chi connectivity index (χ2v) is 2.63. The molecule has 0 saturated carbocycles. The van der Waals surface area contributed by atoms with Crippen molar-refractivity contribution in [2.24, 2.45) is 0 Å². The number of hydrogen-bond acceptors (Lipinski definition) is 1. The van der Waals surface area contributed by atoms with E-state index in [0.717, 1.165) is 12.1 Å². The van der Waals surface area contributed by atoms with Gasteiger partial charge in [-0.15, -0.1) is 0 Å². The van der Waals surface area contributed by atoms with Crippen LogP contribution in [0.15, 0.2) is 18.7 Å². The zero-order valence-corrected chi connectivity index (χ0v) is 6.70. The third-order valence-corrected chi connectivity index (χ3v) is 1.55. The van der Waals surface area contributed by atoms with Crippen LogP contribution in [0.3, 0.4) is 0 Å². The summed E-state index contributed by atoms with van der Waals surface area (Å²) < 4.78 is 25.2. The molecule has 64 valence electrons. The van der Waals surface area contributed by atoms with Gasteiger partial charge in [0.05, 0.1) is 0 Å². The second kappa shape index (κ2) is 2.93. The molecule has 1 aromatic carbocycles. The lowest BCUT2D eigenvalue weighted by Gasteiger charge is -2.04. The topological polar surface area (TPSA) is 26.0 Å². The zero-order chi connectivity index (χ0) is 9.30. The predicted octanol–water partition coefficient (Wildman–Crippen LogP) is 2.58. The molecule has 12 heavy (non-hydrogen) atoms. The van der Waals surface area contributed by atoms with Gasteiger partial charge in [-0.3, -0.25) is 0 Å². The second-order valence-electron chi connectivity index (χ2n) is 2.63. The summed E-state index contributed by atoms with van der Waals surface area (Å²) in [5.41, 5.74) is 6.70. The van der Waals surface area contributed by atoms with Crippen LogP contribution in [0.25, 0.3) is 5.57 Å². The van der Waals surface area contributed by atoms with Crippen LogP contribution in [0.1, 0.15) is 12.5 Å². The molecule has 0 saturated heterocycles. The minimum absolute atomic E-state index is 0.210. The summed E-state index contributed by atoms with van der Waals surface area (Å²) in [4.78, 5) is 0. The molecule has 0 aliphatic carbocycles. The van der Waals surface area contributed by atoms with E-state index in [4.69, 9.17) is 5.73 Å². The van der Waals surface area contributed by atoms with Gasteiger partial charge in [0, 0.05) is 17.3 Å². The molecule has 3 heteroatoms. The highest BCUT2D eigenvalue weighted by Crippen LogP contribution is 2.22. The van der Waals surface area contributed by atoms with E-state index in [0.29, 0.717) is 11.1 Å². The third kappa shape index (κ3) is 1.44. The van der Waals surface area contributed by atoms with E-state index < -0.39 is 11.6 Å². The Kier molecular flexibility index (Phi) is 2.13. The Morgan fingerprint density at radius 2 is 1.83 bits per heavy atom. The van der Waals surface area contributed by atoms with Crippen LogP contribution in [0.5, 0.6) is 0 Å². The SMILES string of the molecule is C=C(C)c1cc(F)c(F)cc1N. The fourth-order valence-electron chi connectivity index (χ4n) is 0.932. The van der Waals surface area contributed by atoms with Gasteiger partial charge >= 0.3 is 0 Å². The van der Waals surface area contributed by atoms with Gasteiger partial charge in [-0.2, -0.15) is 0 Å². The Bertz CT molecular complexity index is 332. The number of nitrogen functional groups attached to an aromatic ring is 1. The molecule has 1 rings (SSSR count). The lowest BCUT2D eigenvalue weighted by atomic mass is 10.1. The molecule has 0 aromatic heterocycles. The Labute approximate surface area is 69.5 Å². The maximum atomic E-state index is 12.6. The van der Waals surface area contributed by atoms with Gasteiger partial charge in [-0.1, -0.05) is 6.58 Å². The van der Waals surface area contributed by atoms with Gasteiger partial charge in [0.15, 0.2) is 11.6 Å². The lowest BCUT2D eigenvalue weighted by molar-refractivity contribution is 0.509. The maximum absolute atomic E-state index is 12.6. The normalized spacial score (nSPS) is 9.92. The highest BCUT2D eigenvalue weighted by atomic mass is 19.2. The summed E-state index contributed by atoms with van der Waals surface area (Å²) in [6.07, 6.45) is 0. The summed E-state index contributed by atoms with van der Waals surface area (Å²) in [6.45, 7) is 5.27. The van der Waals surface area contributed by atoms with Crippen LogP contribution in [0.4, 0.5) is 14.5 Å². The van der Waals surface area contributed by atoms with E-state index in [1.165, 1.54) is 0 Å².